The zero-order valence-electron chi connectivity index (χ0n) is 19.8. The minimum Gasteiger partial charge on any atom is -0.489 e. The number of imide groups is 2. The molecule has 1 saturated heterocycles. The summed E-state index contributed by atoms with van der Waals surface area (Å²) >= 11 is 0. The molecule has 1 N–H and O–H groups in total. The number of hydrogen-bond donors (Lipinski definition) is 1. The number of ether oxygens (including phenoxy) is 1. The lowest BCUT2D eigenvalue weighted by molar-refractivity contribution is -0.122. The van der Waals surface area contributed by atoms with Crippen LogP contribution < -0.4 is 15.0 Å². The normalized spacial score (nSPS) is 14.7. The van der Waals surface area contributed by atoms with Crippen molar-refractivity contribution in [2.45, 2.75) is 26.4 Å². The summed E-state index contributed by atoms with van der Waals surface area (Å²) in [5.74, 6) is -1.29. The third-order valence-electron chi connectivity index (χ3n) is 5.81. The maximum atomic E-state index is 14.0. The van der Waals surface area contributed by atoms with E-state index < -0.39 is 17.8 Å². The van der Waals surface area contributed by atoms with Gasteiger partial charge in [0, 0.05) is 5.56 Å². The average molecular weight is 485 g/mol. The Morgan fingerprint density at radius 3 is 2.44 bits per heavy atom. The summed E-state index contributed by atoms with van der Waals surface area (Å²) in [5, 5.41) is 2.23. The fraction of sp³-hybridized carbons (Fsp3) is 0.138. The predicted octanol–water partition coefficient (Wildman–Crippen LogP) is 5.36. The largest absolute Gasteiger partial charge is 0.489 e. The highest BCUT2D eigenvalue weighted by atomic mass is 19.1. The Balaban J connectivity index is 1.61. The monoisotopic (exact) mass is 484 g/mol. The molecule has 0 aliphatic carbocycles. The molecule has 7 heteroatoms. The van der Waals surface area contributed by atoms with Crippen LogP contribution in [0.5, 0.6) is 5.75 Å². The first kappa shape index (κ1) is 24.6. The van der Waals surface area contributed by atoms with E-state index in [0.717, 1.165) is 22.4 Å². The molecule has 3 aromatic rings. The highest BCUT2D eigenvalue weighted by Gasteiger charge is 2.36. The number of nitrogens with zero attached hydrogens (tertiary/aromatic N) is 1. The van der Waals surface area contributed by atoms with Gasteiger partial charge in [-0.2, -0.15) is 0 Å². The minimum atomic E-state index is -0.796. The van der Waals surface area contributed by atoms with Crippen LogP contribution in [0.3, 0.4) is 0 Å². The van der Waals surface area contributed by atoms with Gasteiger partial charge < -0.3 is 4.74 Å². The summed E-state index contributed by atoms with van der Waals surface area (Å²) in [6.07, 6.45) is 4.40. The SMILES string of the molecule is C=CCc1cc(/C=C2/C(=O)NC(=O)N(c3ccc(CC)cc3)C2=O)ccc1OCc1ccccc1F. The van der Waals surface area contributed by atoms with Crippen LogP contribution in [-0.4, -0.2) is 17.8 Å². The number of barbiturate groups is 1. The van der Waals surface area contributed by atoms with Gasteiger partial charge in [-0.25, -0.2) is 14.1 Å². The van der Waals surface area contributed by atoms with Crippen molar-refractivity contribution < 1.29 is 23.5 Å². The second kappa shape index (κ2) is 10.8. The molecule has 1 aliphatic rings. The van der Waals surface area contributed by atoms with Crippen LogP contribution in [0.25, 0.3) is 6.08 Å². The number of benzene rings is 3. The van der Waals surface area contributed by atoms with Crippen molar-refractivity contribution in [3.8, 4) is 5.75 Å². The molecule has 1 aliphatic heterocycles. The summed E-state index contributed by atoms with van der Waals surface area (Å²) < 4.78 is 19.8. The Kier molecular flexibility index (Phi) is 7.39. The van der Waals surface area contributed by atoms with Crippen LogP contribution in [0.4, 0.5) is 14.9 Å². The van der Waals surface area contributed by atoms with Gasteiger partial charge in [-0.1, -0.05) is 49.4 Å². The van der Waals surface area contributed by atoms with E-state index in [9.17, 15) is 18.8 Å². The van der Waals surface area contributed by atoms with Crippen LogP contribution in [0, 0.1) is 5.82 Å². The molecule has 36 heavy (non-hydrogen) atoms. The number of carbonyl (C=O) groups is 3. The molecule has 0 atom stereocenters. The Morgan fingerprint density at radius 1 is 1.00 bits per heavy atom. The van der Waals surface area contributed by atoms with Gasteiger partial charge in [0.1, 0.15) is 23.7 Å². The van der Waals surface area contributed by atoms with Crippen molar-refractivity contribution >= 4 is 29.6 Å². The van der Waals surface area contributed by atoms with Crippen LogP contribution in [0.15, 0.2) is 85.0 Å². The number of allylic oxidation sites excluding steroid dienone is 1. The van der Waals surface area contributed by atoms with E-state index in [1.54, 1.807) is 54.6 Å². The van der Waals surface area contributed by atoms with Crippen LogP contribution >= 0.6 is 0 Å². The molecule has 6 nitrogen and oxygen atoms in total. The number of nitrogens with one attached hydrogen (secondary N) is 1. The lowest BCUT2D eigenvalue weighted by Gasteiger charge is -2.26. The van der Waals surface area contributed by atoms with Crippen molar-refractivity contribution in [2.75, 3.05) is 4.90 Å². The maximum absolute atomic E-state index is 14.0. The zero-order valence-corrected chi connectivity index (χ0v) is 19.8. The first-order valence-electron chi connectivity index (χ1n) is 11.5. The number of hydrogen-bond acceptors (Lipinski definition) is 4. The number of carbonyl (C=O) groups excluding carboxylic acids is 3. The highest BCUT2D eigenvalue weighted by molar-refractivity contribution is 6.39. The predicted molar refractivity (Wildman–Crippen MR) is 136 cm³/mol. The number of anilines is 1. The van der Waals surface area contributed by atoms with E-state index in [4.69, 9.17) is 4.74 Å². The number of urea groups is 1. The van der Waals surface area contributed by atoms with Crippen LogP contribution in [0.1, 0.15) is 29.2 Å². The Labute approximate surface area is 208 Å². The Bertz CT molecular complexity index is 1360. The van der Waals surface area contributed by atoms with Gasteiger partial charge in [-0.15, -0.1) is 6.58 Å². The van der Waals surface area contributed by atoms with Crippen molar-refractivity contribution in [3.05, 3.63) is 113 Å². The number of amides is 4. The van der Waals surface area contributed by atoms with Crippen molar-refractivity contribution in [1.29, 1.82) is 0 Å². The van der Waals surface area contributed by atoms with Gasteiger partial charge in [0.2, 0.25) is 0 Å². The third kappa shape index (κ3) is 5.25. The van der Waals surface area contributed by atoms with Crippen molar-refractivity contribution in [1.82, 2.24) is 5.32 Å². The summed E-state index contributed by atoms with van der Waals surface area (Å²) in [7, 11) is 0. The molecule has 0 bridgehead atoms. The second-order valence-corrected chi connectivity index (χ2v) is 8.22. The molecule has 182 valence electrons. The average Bonchev–Trinajstić information content (AvgIpc) is 2.87. The number of aryl methyl sites for hydroxylation is 1. The molecule has 1 fully saturated rings. The molecular weight excluding hydrogens is 459 g/mol. The Hall–Kier alpha value is -4.52. The molecule has 0 radical (unpaired) electrons. The fourth-order valence-corrected chi connectivity index (χ4v) is 3.86. The van der Waals surface area contributed by atoms with Gasteiger partial charge in [0.25, 0.3) is 11.8 Å². The molecule has 0 unspecified atom stereocenters. The molecule has 3 aromatic carbocycles. The minimum absolute atomic E-state index is 0.0477. The van der Waals surface area contributed by atoms with E-state index in [-0.39, 0.29) is 18.0 Å². The van der Waals surface area contributed by atoms with E-state index in [2.05, 4.69) is 11.9 Å². The van der Waals surface area contributed by atoms with Crippen LogP contribution in [-0.2, 0) is 29.0 Å². The third-order valence-corrected chi connectivity index (χ3v) is 5.81. The first-order valence-corrected chi connectivity index (χ1v) is 11.5. The van der Waals surface area contributed by atoms with Gasteiger partial charge in [0.05, 0.1) is 5.69 Å². The van der Waals surface area contributed by atoms with Gasteiger partial charge in [0.15, 0.2) is 0 Å². The standard InChI is InChI=1S/C29H25FN2O4/c1-3-7-21-16-20(12-15-26(21)36-18-22-8-5-6-9-25(22)30)17-24-27(33)31-29(35)32(28(24)34)23-13-10-19(4-2)11-14-23/h3,5-6,8-17H,1,4,7,18H2,2H3,(H,31,33,35)/b24-17-. The van der Waals surface area contributed by atoms with Gasteiger partial charge in [-0.3, -0.25) is 14.9 Å². The second-order valence-electron chi connectivity index (χ2n) is 8.22. The molecular formula is C29H25FN2O4. The van der Waals surface area contributed by atoms with E-state index in [1.165, 1.54) is 12.1 Å². The lowest BCUT2D eigenvalue weighted by Crippen LogP contribution is -2.54. The molecule has 0 spiro atoms. The molecule has 4 amide bonds. The Morgan fingerprint density at radius 2 is 1.75 bits per heavy atom. The highest BCUT2D eigenvalue weighted by Crippen LogP contribution is 2.26. The molecule has 0 saturated carbocycles. The van der Waals surface area contributed by atoms with Gasteiger partial charge in [-0.05, 0) is 65.9 Å². The fourth-order valence-electron chi connectivity index (χ4n) is 3.86. The number of rotatable bonds is 8. The summed E-state index contributed by atoms with van der Waals surface area (Å²) in [5.41, 5.74) is 3.01. The molecule has 0 aromatic heterocycles. The summed E-state index contributed by atoms with van der Waals surface area (Å²) in [6.45, 7) is 5.82. The van der Waals surface area contributed by atoms with E-state index in [0.29, 0.717) is 29.0 Å². The quantitative estimate of drug-likeness (QED) is 0.265. The maximum Gasteiger partial charge on any atom is 0.335 e. The molecule has 4 rings (SSSR count). The topological polar surface area (TPSA) is 75.7 Å². The van der Waals surface area contributed by atoms with E-state index >= 15 is 0 Å². The first-order chi connectivity index (χ1) is 17.4. The smallest absolute Gasteiger partial charge is 0.335 e. The molecule has 1 heterocycles. The van der Waals surface area contributed by atoms with E-state index in [1.807, 2.05) is 19.1 Å². The summed E-state index contributed by atoms with van der Waals surface area (Å²) in [4.78, 5) is 39.1. The summed E-state index contributed by atoms with van der Waals surface area (Å²) in [6, 6.07) is 17.7. The zero-order chi connectivity index (χ0) is 25.7. The number of halogens is 1. The lowest BCUT2D eigenvalue weighted by atomic mass is 10.0. The van der Waals surface area contributed by atoms with Crippen molar-refractivity contribution in [3.63, 3.8) is 0 Å². The van der Waals surface area contributed by atoms with Crippen molar-refractivity contribution in [2.24, 2.45) is 0 Å². The van der Waals surface area contributed by atoms with Gasteiger partial charge >= 0.3 is 6.03 Å². The van der Waals surface area contributed by atoms with Crippen LogP contribution in [0.2, 0.25) is 0 Å².